The van der Waals surface area contributed by atoms with Gasteiger partial charge in [0.15, 0.2) is 5.96 Å². The minimum absolute atomic E-state index is 0.0146. The number of hydrogen-bond donors (Lipinski definition) is 2. The first-order valence-electron chi connectivity index (χ1n) is 7.57. The number of benzene rings is 1. The highest BCUT2D eigenvalue weighted by Gasteiger charge is 2.58. The molecule has 116 valence electrons. The zero-order valence-electron chi connectivity index (χ0n) is 13.7. The Morgan fingerprint density at radius 2 is 2.14 bits per heavy atom. The minimum atomic E-state index is -0.121. The lowest BCUT2D eigenvalue weighted by Crippen LogP contribution is -2.62. The lowest BCUT2D eigenvalue weighted by Gasteiger charge is -2.57. The van der Waals surface area contributed by atoms with Crippen LogP contribution in [0.2, 0.25) is 0 Å². The summed E-state index contributed by atoms with van der Waals surface area (Å²) in [5, 5.41) is 3.19. The second-order valence-electron chi connectivity index (χ2n) is 6.57. The van der Waals surface area contributed by atoms with Gasteiger partial charge in [0.25, 0.3) is 0 Å². The third-order valence-electron chi connectivity index (χ3n) is 5.13. The van der Waals surface area contributed by atoms with Crippen molar-refractivity contribution in [2.24, 2.45) is 16.1 Å². The molecular formula is C17H27N3O. The van der Waals surface area contributed by atoms with Gasteiger partial charge in [-0.25, -0.2) is 4.99 Å². The van der Waals surface area contributed by atoms with E-state index in [2.05, 4.69) is 50.1 Å². The van der Waals surface area contributed by atoms with E-state index in [-0.39, 0.29) is 17.1 Å². The summed E-state index contributed by atoms with van der Waals surface area (Å²) in [5.74, 6) is 0.472. The van der Waals surface area contributed by atoms with Crippen LogP contribution in [0.5, 0.6) is 0 Å². The number of methoxy groups -OCH3 is 1. The van der Waals surface area contributed by atoms with Crippen LogP contribution in [0.4, 0.5) is 5.69 Å². The van der Waals surface area contributed by atoms with Crippen LogP contribution in [0.1, 0.15) is 39.7 Å². The molecular weight excluding hydrogens is 262 g/mol. The molecule has 1 aliphatic rings. The van der Waals surface area contributed by atoms with E-state index in [1.54, 1.807) is 7.11 Å². The van der Waals surface area contributed by atoms with Gasteiger partial charge in [-0.3, -0.25) is 0 Å². The number of nitrogens with two attached hydrogens (primary N) is 1. The van der Waals surface area contributed by atoms with Crippen molar-refractivity contribution < 1.29 is 4.74 Å². The molecule has 0 spiro atoms. The van der Waals surface area contributed by atoms with E-state index in [0.717, 1.165) is 18.5 Å². The Balaban J connectivity index is 2.06. The highest BCUT2D eigenvalue weighted by Crippen LogP contribution is 2.53. The second kappa shape index (κ2) is 5.68. The zero-order valence-corrected chi connectivity index (χ0v) is 13.7. The second-order valence-corrected chi connectivity index (χ2v) is 6.57. The Morgan fingerprint density at radius 3 is 2.71 bits per heavy atom. The van der Waals surface area contributed by atoms with Gasteiger partial charge < -0.3 is 15.8 Å². The van der Waals surface area contributed by atoms with Gasteiger partial charge in [0.05, 0.1) is 11.6 Å². The Kier molecular flexibility index (Phi) is 4.28. The van der Waals surface area contributed by atoms with Crippen molar-refractivity contribution >= 4 is 11.6 Å². The molecule has 0 amide bonds. The number of guanidine groups is 1. The van der Waals surface area contributed by atoms with Gasteiger partial charge in [-0.2, -0.15) is 0 Å². The molecule has 1 fully saturated rings. The number of nitrogens with one attached hydrogen (secondary N) is 1. The van der Waals surface area contributed by atoms with E-state index in [4.69, 9.17) is 10.5 Å². The average molecular weight is 289 g/mol. The van der Waals surface area contributed by atoms with Crippen molar-refractivity contribution in [1.82, 2.24) is 0 Å². The summed E-state index contributed by atoms with van der Waals surface area (Å²) in [4.78, 5) is 4.63. The van der Waals surface area contributed by atoms with E-state index >= 15 is 0 Å². The Bertz CT molecular complexity index is 539. The molecule has 0 radical (unpaired) electrons. The van der Waals surface area contributed by atoms with Crippen LogP contribution >= 0.6 is 0 Å². The summed E-state index contributed by atoms with van der Waals surface area (Å²) >= 11 is 0. The Hall–Kier alpha value is -1.55. The number of nitrogens with zero attached hydrogens (tertiary/aromatic N) is 1. The van der Waals surface area contributed by atoms with Crippen molar-refractivity contribution in [3.05, 3.63) is 29.8 Å². The maximum Gasteiger partial charge on any atom is 0.193 e. The molecule has 1 saturated carbocycles. The fourth-order valence-electron chi connectivity index (χ4n) is 2.88. The van der Waals surface area contributed by atoms with Crippen LogP contribution in [0.25, 0.3) is 0 Å². The van der Waals surface area contributed by atoms with E-state index in [0.29, 0.717) is 5.96 Å². The number of anilines is 1. The molecule has 21 heavy (non-hydrogen) atoms. The number of aryl methyl sites for hydroxylation is 1. The van der Waals surface area contributed by atoms with Crippen LogP contribution < -0.4 is 11.1 Å². The van der Waals surface area contributed by atoms with Gasteiger partial charge >= 0.3 is 0 Å². The SMILES string of the molecule is CCc1cccc(NC(N)=NC2CC(C)(OC)C2(C)C)c1. The van der Waals surface area contributed by atoms with Crippen molar-refractivity contribution in [3.8, 4) is 0 Å². The highest BCUT2D eigenvalue weighted by molar-refractivity contribution is 5.92. The first-order valence-corrected chi connectivity index (χ1v) is 7.57. The van der Waals surface area contributed by atoms with Crippen molar-refractivity contribution in [2.75, 3.05) is 12.4 Å². The van der Waals surface area contributed by atoms with Gasteiger partial charge in [-0.1, -0.05) is 32.9 Å². The molecule has 0 bridgehead atoms. The standard InChI is InChI=1S/C17H27N3O/c1-6-12-8-7-9-13(10-12)19-15(18)20-14-11-17(4,21-5)16(14,2)3/h7-10,14H,6,11H2,1-5H3,(H3,18,19,20). The van der Waals surface area contributed by atoms with Gasteiger partial charge in [0.2, 0.25) is 0 Å². The molecule has 0 aromatic heterocycles. The molecule has 1 aromatic rings. The van der Waals surface area contributed by atoms with Crippen molar-refractivity contribution in [1.29, 1.82) is 0 Å². The van der Waals surface area contributed by atoms with Gasteiger partial charge in [0.1, 0.15) is 0 Å². The van der Waals surface area contributed by atoms with Gasteiger partial charge in [-0.15, -0.1) is 0 Å². The van der Waals surface area contributed by atoms with E-state index in [1.807, 2.05) is 12.1 Å². The molecule has 0 heterocycles. The fraction of sp³-hybridized carbons (Fsp3) is 0.588. The molecule has 2 atom stereocenters. The third kappa shape index (κ3) is 2.91. The molecule has 2 unspecified atom stereocenters. The van der Waals surface area contributed by atoms with Gasteiger partial charge in [0, 0.05) is 18.2 Å². The summed E-state index contributed by atoms with van der Waals surface area (Å²) < 4.78 is 5.62. The smallest absolute Gasteiger partial charge is 0.193 e. The first kappa shape index (κ1) is 15.8. The van der Waals surface area contributed by atoms with Crippen LogP contribution in [-0.4, -0.2) is 24.7 Å². The average Bonchev–Trinajstić information content (AvgIpc) is 2.46. The minimum Gasteiger partial charge on any atom is -0.378 e. The third-order valence-corrected chi connectivity index (χ3v) is 5.13. The molecule has 0 saturated heterocycles. The molecule has 0 aliphatic heterocycles. The predicted molar refractivity (Wildman–Crippen MR) is 88.7 cm³/mol. The number of hydrogen-bond acceptors (Lipinski definition) is 2. The Morgan fingerprint density at radius 1 is 1.43 bits per heavy atom. The Labute approximate surface area is 127 Å². The maximum atomic E-state index is 6.06. The molecule has 4 nitrogen and oxygen atoms in total. The van der Waals surface area contributed by atoms with Crippen LogP contribution in [0, 0.1) is 5.41 Å². The number of aliphatic imine (C=N–C) groups is 1. The molecule has 2 rings (SSSR count). The van der Waals surface area contributed by atoms with E-state index in [9.17, 15) is 0 Å². The summed E-state index contributed by atoms with van der Waals surface area (Å²) in [7, 11) is 1.76. The van der Waals surface area contributed by atoms with E-state index in [1.165, 1.54) is 5.56 Å². The van der Waals surface area contributed by atoms with Crippen LogP contribution in [0.3, 0.4) is 0 Å². The largest absolute Gasteiger partial charge is 0.378 e. The number of ether oxygens (including phenoxy) is 1. The highest BCUT2D eigenvalue weighted by atomic mass is 16.5. The topological polar surface area (TPSA) is 59.6 Å². The lowest BCUT2D eigenvalue weighted by atomic mass is 9.56. The summed E-state index contributed by atoms with van der Waals surface area (Å²) in [6.07, 6.45) is 1.91. The van der Waals surface area contributed by atoms with E-state index < -0.39 is 0 Å². The summed E-state index contributed by atoms with van der Waals surface area (Å²) in [6, 6.07) is 8.44. The van der Waals surface area contributed by atoms with Gasteiger partial charge in [-0.05, 0) is 37.5 Å². The lowest BCUT2D eigenvalue weighted by molar-refractivity contribution is -0.171. The fourth-order valence-corrected chi connectivity index (χ4v) is 2.88. The predicted octanol–water partition coefficient (Wildman–Crippen LogP) is 3.18. The molecule has 3 N–H and O–H groups in total. The van der Waals surface area contributed by atoms with Crippen LogP contribution in [-0.2, 0) is 11.2 Å². The molecule has 4 heteroatoms. The first-order chi connectivity index (χ1) is 9.82. The van der Waals surface area contributed by atoms with Crippen molar-refractivity contribution in [3.63, 3.8) is 0 Å². The van der Waals surface area contributed by atoms with Crippen LogP contribution in [0.15, 0.2) is 29.3 Å². The molecule has 1 aromatic carbocycles. The zero-order chi connectivity index (χ0) is 15.7. The normalized spacial score (nSPS) is 28.0. The summed E-state index contributed by atoms with van der Waals surface area (Å²) in [6.45, 7) is 8.63. The quantitative estimate of drug-likeness (QED) is 0.661. The molecule has 1 aliphatic carbocycles. The van der Waals surface area contributed by atoms with Crippen molar-refractivity contribution in [2.45, 2.75) is 52.2 Å². The number of rotatable bonds is 4. The monoisotopic (exact) mass is 289 g/mol. The maximum absolute atomic E-state index is 6.06. The summed E-state index contributed by atoms with van der Waals surface area (Å²) in [5.41, 5.74) is 8.19.